The van der Waals surface area contributed by atoms with E-state index >= 15 is 0 Å². The SMILES string of the molecule is CCn1c(C)nc2cc(C(=O)N=Nc3c(O)n(CCC(C)C)c4ccccc34)ccc21. The molecule has 0 atom stereocenters. The molecule has 7 nitrogen and oxygen atoms in total. The second kappa shape index (κ2) is 8.34. The highest BCUT2D eigenvalue weighted by Gasteiger charge is 2.17. The molecule has 0 fully saturated rings. The van der Waals surface area contributed by atoms with Crippen LogP contribution in [0.2, 0.25) is 0 Å². The molecular formula is C24H27N5O2. The molecule has 0 saturated carbocycles. The first-order valence-electron chi connectivity index (χ1n) is 10.6. The van der Waals surface area contributed by atoms with E-state index < -0.39 is 5.91 Å². The second-order valence-corrected chi connectivity index (χ2v) is 8.14. The van der Waals surface area contributed by atoms with Crippen LogP contribution >= 0.6 is 0 Å². The number of aromatic nitrogens is 3. The lowest BCUT2D eigenvalue weighted by atomic mass is 10.1. The molecule has 0 aliphatic heterocycles. The smallest absolute Gasteiger partial charge is 0.295 e. The fraction of sp³-hybridized carbons (Fsp3) is 0.333. The first-order chi connectivity index (χ1) is 14.9. The quantitative estimate of drug-likeness (QED) is 0.391. The maximum Gasteiger partial charge on any atom is 0.295 e. The number of rotatable bonds is 6. The molecule has 4 rings (SSSR count). The Bertz CT molecular complexity index is 1300. The van der Waals surface area contributed by atoms with Crippen molar-refractivity contribution in [2.24, 2.45) is 16.1 Å². The van der Waals surface area contributed by atoms with Gasteiger partial charge in [-0.1, -0.05) is 32.0 Å². The zero-order chi connectivity index (χ0) is 22.1. The fourth-order valence-corrected chi connectivity index (χ4v) is 3.92. The van der Waals surface area contributed by atoms with Gasteiger partial charge in [-0.15, -0.1) is 10.2 Å². The molecule has 31 heavy (non-hydrogen) atoms. The summed E-state index contributed by atoms with van der Waals surface area (Å²) >= 11 is 0. The molecule has 0 radical (unpaired) electrons. The van der Waals surface area contributed by atoms with Gasteiger partial charge in [0.1, 0.15) is 5.82 Å². The van der Waals surface area contributed by atoms with Crippen LogP contribution in [0.5, 0.6) is 5.88 Å². The van der Waals surface area contributed by atoms with E-state index in [1.807, 2.05) is 41.8 Å². The molecule has 7 heteroatoms. The Hall–Kier alpha value is -3.48. The number of aryl methyl sites for hydroxylation is 3. The number of benzene rings is 2. The molecule has 2 heterocycles. The van der Waals surface area contributed by atoms with E-state index in [2.05, 4.69) is 40.6 Å². The molecule has 0 saturated heterocycles. The Labute approximate surface area is 181 Å². The largest absolute Gasteiger partial charge is 0.493 e. The third-order valence-corrected chi connectivity index (χ3v) is 5.59. The van der Waals surface area contributed by atoms with Gasteiger partial charge in [0.05, 0.1) is 16.6 Å². The van der Waals surface area contributed by atoms with E-state index in [1.165, 1.54) is 0 Å². The number of nitrogens with zero attached hydrogens (tertiary/aromatic N) is 5. The molecular weight excluding hydrogens is 390 g/mol. The van der Waals surface area contributed by atoms with Gasteiger partial charge < -0.3 is 14.2 Å². The number of para-hydroxylation sites is 1. The van der Waals surface area contributed by atoms with E-state index in [0.29, 0.717) is 23.7 Å². The summed E-state index contributed by atoms with van der Waals surface area (Å²) in [5.41, 5.74) is 3.36. The first kappa shape index (κ1) is 20.8. The van der Waals surface area contributed by atoms with E-state index in [9.17, 15) is 9.90 Å². The minimum atomic E-state index is -0.469. The molecule has 1 N–H and O–H groups in total. The van der Waals surface area contributed by atoms with E-state index in [-0.39, 0.29) is 5.88 Å². The minimum absolute atomic E-state index is 0.0335. The van der Waals surface area contributed by atoms with Crippen molar-refractivity contribution in [3.63, 3.8) is 0 Å². The molecule has 4 aromatic rings. The first-order valence-corrected chi connectivity index (χ1v) is 10.6. The molecule has 0 spiro atoms. The summed E-state index contributed by atoms with van der Waals surface area (Å²) in [4.78, 5) is 17.2. The lowest BCUT2D eigenvalue weighted by Gasteiger charge is -2.08. The van der Waals surface area contributed by atoms with Gasteiger partial charge in [0, 0.05) is 24.0 Å². The topological polar surface area (TPSA) is 84.8 Å². The van der Waals surface area contributed by atoms with Crippen molar-refractivity contribution in [1.29, 1.82) is 0 Å². The van der Waals surface area contributed by atoms with Crippen molar-refractivity contribution in [2.45, 2.75) is 47.2 Å². The van der Waals surface area contributed by atoms with Gasteiger partial charge in [-0.05, 0) is 50.5 Å². The third kappa shape index (κ3) is 3.83. The average Bonchev–Trinajstić information content (AvgIpc) is 3.22. The van der Waals surface area contributed by atoms with Gasteiger partial charge in [0.2, 0.25) is 5.88 Å². The van der Waals surface area contributed by atoms with Crippen molar-refractivity contribution < 1.29 is 9.90 Å². The predicted molar refractivity (Wildman–Crippen MR) is 122 cm³/mol. The van der Waals surface area contributed by atoms with Gasteiger partial charge >= 0.3 is 0 Å². The highest BCUT2D eigenvalue weighted by Crippen LogP contribution is 2.39. The molecule has 0 aliphatic rings. The fourth-order valence-electron chi connectivity index (χ4n) is 3.92. The summed E-state index contributed by atoms with van der Waals surface area (Å²) in [5, 5.41) is 19.6. The number of amides is 1. The summed E-state index contributed by atoms with van der Waals surface area (Å²) in [6.07, 6.45) is 0.922. The molecule has 0 aliphatic carbocycles. The van der Waals surface area contributed by atoms with Crippen molar-refractivity contribution in [3.8, 4) is 5.88 Å². The van der Waals surface area contributed by atoms with Crippen LogP contribution in [0.4, 0.5) is 5.69 Å². The lowest BCUT2D eigenvalue weighted by molar-refractivity contribution is 0.0995. The number of carbonyl (C=O) groups excluding carboxylic acids is 1. The molecule has 1 amide bonds. The molecule has 0 bridgehead atoms. The van der Waals surface area contributed by atoms with Gasteiger partial charge in [-0.3, -0.25) is 4.79 Å². The standard InChI is InChI=1S/C24H27N5O2/c1-5-28-16(4)25-19-14-17(10-11-21(19)28)23(30)27-26-22-18-8-6-7-9-20(18)29(24(22)31)13-12-15(2)3/h6-11,14-15,31H,5,12-13H2,1-4H3. The highest BCUT2D eigenvalue weighted by molar-refractivity contribution is 5.99. The summed E-state index contributed by atoms with van der Waals surface area (Å²) in [6, 6.07) is 13.0. The zero-order valence-corrected chi connectivity index (χ0v) is 18.3. The zero-order valence-electron chi connectivity index (χ0n) is 18.3. The van der Waals surface area contributed by atoms with Crippen molar-refractivity contribution >= 4 is 33.5 Å². The van der Waals surface area contributed by atoms with Crippen LogP contribution in [0.3, 0.4) is 0 Å². The van der Waals surface area contributed by atoms with Gasteiger partial charge in [-0.25, -0.2) is 4.98 Å². The van der Waals surface area contributed by atoms with Crippen LogP contribution in [-0.2, 0) is 13.1 Å². The normalized spacial score (nSPS) is 12.0. The minimum Gasteiger partial charge on any atom is -0.493 e. The highest BCUT2D eigenvalue weighted by atomic mass is 16.3. The number of carbonyl (C=O) groups is 1. The Balaban J connectivity index is 1.67. The molecule has 2 aromatic carbocycles. The summed E-state index contributed by atoms with van der Waals surface area (Å²) in [5.74, 6) is 0.972. The van der Waals surface area contributed by atoms with Crippen molar-refractivity contribution in [2.75, 3.05) is 0 Å². The summed E-state index contributed by atoms with van der Waals surface area (Å²) in [7, 11) is 0. The Morgan fingerprint density at radius 3 is 2.65 bits per heavy atom. The van der Waals surface area contributed by atoms with Crippen molar-refractivity contribution in [1.82, 2.24) is 14.1 Å². The van der Waals surface area contributed by atoms with Crippen LogP contribution in [0.15, 0.2) is 52.7 Å². The Kier molecular flexibility index (Phi) is 5.59. The van der Waals surface area contributed by atoms with Crippen LogP contribution in [0.25, 0.3) is 21.9 Å². The average molecular weight is 418 g/mol. The number of fused-ring (bicyclic) bond motifs is 2. The lowest BCUT2D eigenvalue weighted by Crippen LogP contribution is -2.00. The van der Waals surface area contributed by atoms with Crippen molar-refractivity contribution in [3.05, 3.63) is 53.9 Å². The summed E-state index contributed by atoms with van der Waals surface area (Å²) in [6.45, 7) is 9.78. The Morgan fingerprint density at radius 2 is 1.90 bits per heavy atom. The van der Waals surface area contributed by atoms with Crippen LogP contribution in [0, 0.1) is 12.8 Å². The number of hydrogen-bond acceptors (Lipinski definition) is 4. The van der Waals surface area contributed by atoms with E-state index in [4.69, 9.17) is 0 Å². The summed E-state index contributed by atoms with van der Waals surface area (Å²) < 4.78 is 3.93. The number of imidazole rings is 1. The van der Waals surface area contributed by atoms with Crippen LogP contribution in [-0.4, -0.2) is 25.1 Å². The number of hydrogen-bond donors (Lipinski definition) is 1. The third-order valence-electron chi connectivity index (χ3n) is 5.59. The predicted octanol–water partition coefficient (Wildman–Crippen LogP) is 6.00. The van der Waals surface area contributed by atoms with Gasteiger partial charge in [0.15, 0.2) is 5.69 Å². The monoisotopic (exact) mass is 417 g/mol. The number of azo groups is 1. The van der Waals surface area contributed by atoms with Gasteiger partial charge in [-0.2, -0.15) is 0 Å². The van der Waals surface area contributed by atoms with E-state index in [0.717, 1.165) is 40.7 Å². The maximum absolute atomic E-state index is 12.7. The maximum atomic E-state index is 12.7. The molecule has 0 unspecified atom stereocenters. The van der Waals surface area contributed by atoms with Crippen LogP contribution < -0.4 is 0 Å². The van der Waals surface area contributed by atoms with Crippen LogP contribution in [0.1, 0.15) is 43.4 Å². The molecule has 2 aromatic heterocycles. The second-order valence-electron chi connectivity index (χ2n) is 8.14. The number of aromatic hydroxyl groups is 1. The Morgan fingerprint density at radius 1 is 1.13 bits per heavy atom. The van der Waals surface area contributed by atoms with Gasteiger partial charge in [0.25, 0.3) is 5.91 Å². The molecule has 160 valence electrons. The van der Waals surface area contributed by atoms with E-state index in [1.54, 1.807) is 12.1 Å².